The number of carbonyl (C=O) groups is 1. The van der Waals surface area contributed by atoms with Crippen molar-refractivity contribution in [1.29, 1.82) is 0 Å². The van der Waals surface area contributed by atoms with E-state index in [0.29, 0.717) is 22.4 Å². The third-order valence-corrected chi connectivity index (χ3v) is 4.91. The van der Waals surface area contributed by atoms with Crippen LogP contribution in [0.1, 0.15) is 27.6 Å². The van der Waals surface area contributed by atoms with E-state index in [-0.39, 0.29) is 22.3 Å². The van der Waals surface area contributed by atoms with Crippen molar-refractivity contribution in [3.63, 3.8) is 0 Å². The van der Waals surface area contributed by atoms with Crippen LogP contribution in [0.4, 0.5) is 4.39 Å². The molecule has 0 aliphatic rings. The van der Waals surface area contributed by atoms with Gasteiger partial charge in [-0.05, 0) is 45.8 Å². The van der Waals surface area contributed by atoms with E-state index in [0.717, 1.165) is 0 Å². The van der Waals surface area contributed by atoms with Crippen LogP contribution in [0.15, 0.2) is 70.1 Å². The number of aromatic amines is 1. The van der Waals surface area contributed by atoms with Gasteiger partial charge < -0.3 is 14.5 Å². The number of nitrogens with one attached hydrogen (secondary N) is 1. The Morgan fingerprint density at radius 3 is 2.71 bits per heavy atom. The van der Waals surface area contributed by atoms with Crippen molar-refractivity contribution in [2.45, 2.75) is 12.5 Å². The van der Waals surface area contributed by atoms with Crippen molar-refractivity contribution in [2.24, 2.45) is 0 Å². The van der Waals surface area contributed by atoms with Gasteiger partial charge in [-0.1, -0.05) is 30.3 Å². The average molecular weight is 446 g/mol. The highest BCUT2D eigenvalue weighted by Gasteiger charge is 2.23. The van der Waals surface area contributed by atoms with Gasteiger partial charge >= 0.3 is 5.97 Å². The number of aromatic nitrogens is 1. The predicted molar refractivity (Wildman–Crippen MR) is 106 cm³/mol. The summed E-state index contributed by atoms with van der Waals surface area (Å²) >= 11 is 3.22. The zero-order valence-electron chi connectivity index (χ0n) is 14.9. The Labute approximate surface area is 169 Å². The quantitative estimate of drug-likeness (QED) is 0.570. The molecule has 2 aromatic carbocycles. The fourth-order valence-electron chi connectivity index (χ4n) is 2.85. The summed E-state index contributed by atoms with van der Waals surface area (Å²) in [4.78, 5) is 26.6. The molecule has 144 valence electrons. The Kier molecular flexibility index (Phi) is 6.26. The van der Waals surface area contributed by atoms with Crippen LogP contribution in [0.2, 0.25) is 0 Å². The topological polar surface area (TPSA) is 68.4 Å². The predicted octanol–water partition coefficient (Wildman–Crippen LogP) is 4.43. The number of ether oxygens (including phenoxy) is 2. The average Bonchev–Trinajstić information content (AvgIpc) is 2.70. The number of H-pyrrole nitrogens is 1. The second-order valence-electron chi connectivity index (χ2n) is 6.00. The van der Waals surface area contributed by atoms with Crippen LogP contribution < -0.4 is 10.3 Å². The van der Waals surface area contributed by atoms with Crippen LogP contribution in [-0.4, -0.2) is 18.1 Å². The standard InChI is InChI=1S/C21H17BrFNO4/c1-27-21(26)16-8-3-2-7-15(16)18(12-13-5-4-6-14(23)11-13)28-17-9-10-24-20(25)19(17)22/h2-11,18H,12H2,1H3,(H,24,25). The molecule has 0 spiro atoms. The van der Waals surface area contributed by atoms with Gasteiger partial charge in [0.1, 0.15) is 22.1 Å². The summed E-state index contributed by atoms with van der Waals surface area (Å²) in [6, 6.07) is 14.6. The second kappa shape index (κ2) is 8.84. The van der Waals surface area contributed by atoms with Crippen LogP contribution in [-0.2, 0) is 11.2 Å². The lowest BCUT2D eigenvalue weighted by Crippen LogP contribution is -2.18. The minimum absolute atomic E-state index is 0.231. The molecule has 1 atom stereocenters. The molecule has 1 heterocycles. The number of halogens is 2. The molecule has 0 aliphatic carbocycles. The van der Waals surface area contributed by atoms with E-state index in [1.54, 1.807) is 42.5 Å². The molecule has 3 rings (SSSR count). The summed E-state index contributed by atoms with van der Waals surface area (Å²) in [5.41, 5.74) is 1.26. The first-order valence-corrected chi connectivity index (χ1v) is 9.24. The molecule has 28 heavy (non-hydrogen) atoms. The van der Waals surface area contributed by atoms with Gasteiger partial charge in [-0.2, -0.15) is 0 Å². The van der Waals surface area contributed by atoms with Crippen LogP contribution >= 0.6 is 15.9 Å². The lowest BCUT2D eigenvalue weighted by atomic mass is 9.96. The SMILES string of the molecule is COC(=O)c1ccccc1C(Cc1cccc(F)c1)Oc1cc[nH]c(=O)c1Br. The molecular weight excluding hydrogens is 429 g/mol. The van der Waals surface area contributed by atoms with Gasteiger partial charge in [0.2, 0.25) is 0 Å². The number of rotatable bonds is 6. The van der Waals surface area contributed by atoms with Crippen LogP contribution in [0.3, 0.4) is 0 Å². The Morgan fingerprint density at radius 1 is 1.18 bits per heavy atom. The van der Waals surface area contributed by atoms with Crippen molar-refractivity contribution in [2.75, 3.05) is 7.11 Å². The van der Waals surface area contributed by atoms with Crippen molar-refractivity contribution in [3.05, 3.63) is 98.1 Å². The lowest BCUT2D eigenvalue weighted by Gasteiger charge is -2.22. The molecule has 0 radical (unpaired) electrons. The molecule has 0 saturated heterocycles. The molecule has 1 N–H and O–H groups in total. The smallest absolute Gasteiger partial charge is 0.338 e. The lowest BCUT2D eigenvalue weighted by molar-refractivity contribution is 0.0594. The van der Waals surface area contributed by atoms with E-state index in [9.17, 15) is 14.0 Å². The summed E-state index contributed by atoms with van der Waals surface area (Å²) in [6.07, 6.45) is 1.09. The number of benzene rings is 2. The van der Waals surface area contributed by atoms with Crippen LogP contribution in [0, 0.1) is 5.82 Å². The number of esters is 1. The number of methoxy groups -OCH3 is 1. The molecule has 0 saturated carbocycles. The normalized spacial score (nSPS) is 11.7. The minimum atomic E-state index is -0.657. The maximum Gasteiger partial charge on any atom is 0.338 e. The number of pyridine rings is 1. The monoisotopic (exact) mass is 445 g/mol. The highest BCUT2D eigenvalue weighted by Crippen LogP contribution is 2.31. The van der Waals surface area contributed by atoms with Gasteiger partial charge in [-0.15, -0.1) is 0 Å². The first kappa shape index (κ1) is 19.8. The van der Waals surface area contributed by atoms with Gasteiger partial charge in [0.25, 0.3) is 5.56 Å². The Balaban J connectivity index is 2.05. The first-order valence-electron chi connectivity index (χ1n) is 8.45. The van der Waals surface area contributed by atoms with Gasteiger partial charge in [-0.3, -0.25) is 4.79 Å². The molecule has 0 amide bonds. The minimum Gasteiger partial charge on any atom is -0.484 e. The second-order valence-corrected chi connectivity index (χ2v) is 6.80. The van der Waals surface area contributed by atoms with Crippen molar-refractivity contribution < 1.29 is 18.7 Å². The maximum atomic E-state index is 13.7. The Bertz CT molecular complexity index is 1050. The van der Waals surface area contributed by atoms with Gasteiger partial charge in [0.15, 0.2) is 0 Å². The third kappa shape index (κ3) is 4.48. The summed E-state index contributed by atoms with van der Waals surface area (Å²) in [7, 11) is 1.30. The summed E-state index contributed by atoms with van der Waals surface area (Å²) in [5.74, 6) is -0.562. The van der Waals surface area contributed by atoms with Crippen molar-refractivity contribution in [3.8, 4) is 5.75 Å². The maximum absolute atomic E-state index is 13.7. The van der Waals surface area contributed by atoms with Crippen LogP contribution in [0.25, 0.3) is 0 Å². The summed E-state index contributed by atoms with van der Waals surface area (Å²) < 4.78 is 24.9. The molecule has 0 bridgehead atoms. The van der Waals surface area contributed by atoms with Crippen LogP contribution in [0.5, 0.6) is 5.75 Å². The van der Waals surface area contributed by atoms with E-state index in [2.05, 4.69) is 20.9 Å². The highest BCUT2D eigenvalue weighted by molar-refractivity contribution is 9.10. The van der Waals surface area contributed by atoms with Crippen molar-refractivity contribution in [1.82, 2.24) is 4.98 Å². The Morgan fingerprint density at radius 2 is 1.96 bits per heavy atom. The van der Waals surface area contributed by atoms with Gasteiger partial charge in [0, 0.05) is 18.2 Å². The highest BCUT2D eigenvalue weighted by atomic mass is 79.9. The van der Waals surface area contributed by atoms with E-state index < -0.39 is 12.1 Å². The van der Waals surface area contributed by atoms with Crippen molar-refractivity contribution >= 4 is 21.9 Å². The molecule has 1 aromatic heterocycles. The van der Waals surface area contributed by atoms with Gasteiger partial charge in [-0.25, -0.2) is 9.18 Å². The fraction of sp³-hybridized carbons (Fsp3) is 0.143. The van der Waals surface area contributed by atoms with E-state index in [1.807, 2.05) is 0 Å². The zero-order chi connectivity index (χ0) is 20.1. The van der Waals surface area contributed by atoms with Gasteiger partial charge in [0.05, 0.1) is 12.7 Å². The van der Waals surface area contributed by atoms with E-state index in [1.165, 1.54) is 25.4 Å². The number of hydrogen-bond donors (Lipinski definition) is 1. The van der Waals surface area contributed by atoms with E-state index >= 15 is 0 Å². The third-order valence-electron chi connectivity index (χ3n) is 4.16. The molecule has 3 aromatic rings. The van der Waals surface area contributed by atoms with E-state index in [4.69, 9.17) is 9.47 Å². The molecule has 7 heteroatoms. The molecule has 0 aliphatic heterocycles. The molecule has 0 fully saturated rings. The number of hydrogen-bond acceptors (Lipinski definition) is 4. The summed E-state index contributed by atoms with van der Waals surface area (Å²) in [5, 5.41) is 0. The first-order chi connectivity index (χ1) is 13.5. The fourth-order valence-corrected chi connectivity index (χ4v) is 3.19. The largest absolute Gasteiger partial charge is 0.484 e. The Hall–Kier alpha value is -2.93. The zero-order valence-corrected chi connectivity index (χ0v) is 16.5. The molecule has 1 unspecified atom stereocenters. The molecule has 5 nitrogen and oxygen atoms in total. The molecular formula is C21H17BrFNO4. The number of carbonyl (C=O) groups excluding carboxylic acids is 1. The summed E-state index contributed by atoms with van der Waals surface area (Å²) in [6.45, 7) is 0.